The normalized spacial score (nSPS) is 15.8. The highest BCUT2D eigenvalue weighted by molar-refractivity contribution is 5.76. The van der Waals surface area contributed by atoms with Gasteiger partial charge in [-0.2, -0.15) is 15.2 Å². The molecule has 0 spiro atoms. The maximum atomic E-state index is 11.9. The van der Waals surface area contributed by atoms with E-state index in [-0.39, 0.29) is 5.91 Å². The van der Waals surface area contributed by atoms with Crippen molar-refractivity contribution in [2.24, 2.45) is 0 Å². The Kier molecular flexibility index (Phi) is 6.20. The first kappa shape index (κ1) is 22.5. The zero-order valence-corrected chi connectivity index (χ0v) is 20.0. The van der Waals surface area contributed by atoms with Crippen molar-refractivity contribution in [3.05, 3.63) is 54.6 Å². The molecule has 1 aliphatic heterocycles. The van der Waals surface area contributed by atoms with E-state index in [4.69, 9.17) is 9.72 Å². The fourth-order valence-corrected chi connectivity index (χ4v) is 4.31. The fraction of sp³-hybridized carbons (Fsp3) is 0.400. The Balaban J connectivity index is 1.12. The zero-order chi connectivity index (χ0) is 24.3. The summed E-state index contributed by atoms with van der Waals surface area (Å²) in [6, 6.07) is 8.91. The summed E-state index contributed by atoms with van der Waals surface area (Å²) < 4.78 is 9.12. The summed E-state index contributed by atoms with van der Waals surface area (Å²) >= 11 is 0. The number of aryl methyl sites for hydroxylation is 1. The van der Waals surface area contributed by atoms with Crippen molar-refractivity contribution in [1.82, 2.24) is 34.8 Å². The number of hydrogen-bond acceptors (Lipinski definition) is 8. The number of amides is 1. The van der Waals surface area contributed by atoms with E-state index in [1.807, 2.05) is 10.9 Å². The van der Waals surface area contributed by atoms with Crippen molar-refractivity contribution in [2.45, 2.75) is 38.4 Å². The number of benzene rings is 1. The molecule has 2 N–H and O–H groups in total. The molecule has 1 saturated carbocycles. The van der Waals surface area contributed by atoms with Gasteiger partial charge in [-0.15, -0.1) is 0 Å². The Morgan fingerprint density at radius 3 is 2.86 bits per heavy atom. The Morgan fingerprint density at radius 2 is 2.00 bits per heavy atom. The first-order valence-electron chi connectivity index (χ1n) is 12.4. The van der Waals surface area contributed by atoms with Crippen LogP contribution in [-0.2, 0) is 22.6 Å². The number of carbonyl (C=O) groups excluding carboxylic acids is 1. The van der Waals surface area contributed by atoms with Crippen LogP contribution in [-0.4, -0.2) is 67.8 Å². The van der Waals surface area contributed by atoms with Crippen LogP contribution in [0.4, 0.5) is 17.3 Å². The standard InChI is InChI=1S/C25H29N9O2/c35-23(29-20-4-5-20)6-7-33-17-21(15-27-33)30-25-26-13-19-14-28-34(24(19)31-25)16-18-2-1-3-22(12-18)32-8-10-36-11-9-32/h1-3,12-15,17,20H,4-11,16H2,(H,29,35)(H,26,30,31). The fourth-order valence-electron chi connectivity index (χ4n) is 4.31. The smallest absolute Gasteiger partial charge is 0.229 e. The lowest BCUT2D eigenvalue weighted by molar-refractivity contribution is -0.121. The van der Waals surface area contributed by atoms with Crippen LogP contribution in [0.5, 0.6) is 0 Å². The second kappa shape index (κ2) is 9.94. The average Bonchev–Trinajstić information content (AvgIpc) is 3.46. The number of fused-ring (bicyclic) bond motifs is 1. The van der Waals surface area contributed by atoms with E-state index >= 15 is 0 Å². The molecule has 2 fully saturated rings. The Morgan fingerprint density at radius 1 is 1.11 bits per heavy atom. The summed E-state index contributed by atoms with van der Waals surface area (Å²) in [5.74, 6) is 0.539. The summed E-state index contributed by atoms with van der Waals surface area (Å²) in [6.07, 6.45) is 9.71. The Bertz CT molecular complexity index is 1350. The third-order valence-corrected chi connectivity index (χ3v) is 6.40. The van der Waals surface area contributed by atoms with Crippen molar-refractivity contribution in [3.8, 4) is 0 Å². The monoisotopic (exact) mass is 487 g/mol. The molecule has 11 nitrogen and oxygen atoms in total. The lowest BCUT2D eigenvalue weighted by Gasteiger charge is -2.29. The summed E-state index contributed by atoms with van der Waals surface area (Å²) in [5, 5.41) is 16.0. The van der Waals surface area contributed by atoms with E-state index in [1.54, 1.807) is 23.3 Å². The van der Waals surface area contributed by atoms with Gasteiger partial charge in [0.15, 0.2) is 5.65 Å². The first-order valence-corrected chi connectivity index (χ1v) is 12.4. The lowest BCUT2D eigenvalue weighted by atomic mass is 10.2. The van der Waals surface area contributed by atoms with Crippen molar-refractivity contribution >= 4 is 34.3 Å². The molecule has 11 heteroatoms. The van der Waals surface area contributed by atoms with Crippen molar-refractivity contribution < 1.29 is 9.53 Å². The maximum Gasteiger partial charge on any atom is 0.229 e. The van der Waals surface area contributed by atoms with Crippen molar-refractivity contribution in [1.29, 1.82) is 0 Å². The molecule has 1 aromatic carbocycles. The molecule has 1 saturated heterocycles. The van der Waals surface area contributed by atoms with Gasteiger partial charge in [-0.05, 0) is 30.5 Å². The number of carbonyl (C=O) groups is 1. The van der Waals surface area contributed by atoms with Crippen LogP contribution < -0.4 is 15.5 Å². The number of nitrogens with one attached hydrogen (secondary N) is 2. The minimum Gasteiger partial charge on any atom is -0.378 e. The van der Waals surface area contributed by atoms with Gasteiger partial charge < -0.3 is 20.3 Å². The van der Waals surface area contributed by atoms with Gasteiger partial charge in [-0.1, -0.05) is 12.1 Å². The second-order valence-corrected chi connectivity index (χ2v) is 9.25. The highest BCUT2D eigenvalue weighted by Gasteiger charge is 2.23. The van der Waals surface area contributed by atoms with Gasteiger partial charge in [-0.25, -0.2) is 9.67 Å². The molecule has 1 amide bonds. The minimum atomic E-state index is 0.0695. The number of rotatable bonds is 9. The number of hydrogen-bond donors (Lipinski definition) is 2. The third-order valence-electron chi connectivity index (χ3n) is 6.40. The van der Waals surface area contributed by atoms with E-state index in [0.717, 1.165) is 61.4 Å². The van der Waals surface area contributed by atoms with Gasteiger partial charge >= 0.3 is 0 Å². The van der Waals surface area contributed by atoms with Crippen LogP contribution in [0.25, 0.3) is 11.0 Å². The molecule has 0 atom stereocenters. The van der Waals surface area contributed by atoms with Crippen molar-refractivity contribution in [3.63, 3.8) is 0 Å². The van der Waals surface area contributed by atoms with Crippen LogP contribution >= 0.6 is 0 Å². The second-order valence-electron chi connectivity index (χ2n) is 9.25. The van der Waals surface area contributed by atoms with Gasteiger partial charge in [0.2, 0.25) is 11.9 Å². The van der Waals surface area contributed by atoms with Gasteiger partial charge in [0.25, 0.3) is 0 Å². The summed E-state index contributed by atoms with van der Waals surface area (Å²) in [7, 11) is 0. The lowest BCUT2D eigenvalue weighted by Crippen LogP contribution is -2.36. The molecule has 0 unspecified atom stereocenters. The highest BCUT2D eigenvalue weighted by Crippen LogP contribution is 2.21. The van der Waals surface area contributed by atoms with E-state index in [2.05, 4.69) is 55.0 Å². The van der Waals surface area contributed by atoms with Gasteiger partial charge in [0.1, 0.15) is 0 Å². The number of anilines is 3. The predicted octanol–water partition coefficient (Wildman–Crippen LogP) is 2.32. The first-order chi connectivity index (χ1) is 17.7. The minimum absolute atomic E-state index is 0.0695. The van der Waals surface area contributed by atoms with E-state index in [1.165, 1.54) is 5.69 Å². The van der Waals surface area contributed by atoms with Gasteiger partial charge in [-0.3, -0.25) is 9.48 Å². The predicted molar refractivity (Wildman–Crippen MR) is 135 cm³/mol. The largest absolute Gasteiger partial charge is 0.378 e. The number of nitrogens with zero attached hydrogens (tertiary/aromatic N) is 7. The summed E-state index contributed by atoms with van der Waals surface area (Å²) in [5.41, 5.74) is 3.88. The molecule has 186 valence electrons. The van der Waals surface area contributed by atoms with Crippen LogP contribution in [0.15, 0.2) is 49.1 Å². The molecule has 2 aliphatic rings. The molecule has 6 rings (SSSR count). The van der Waals surface area contributed by atoms with Crippen LogP contribution in [0, 0.1) is 0 Å². The third kappa shape index (κ3) is 5.30. The van der Waals surface area contributed by atoms with Gasteiger partial charge in [0, 0.05) is 50.2 Å². The molecular weight excluding hydrogens is 458 g/mol. The molecule has 36 heavy (non-hydrogen) atoms. The summed E-state index contributed by atoms with van der Waals surface area (Å²) in [6.45, 7) is 4.46. The molecule has 3 aromatic heterocycles. The number of aromatic nitrogens is 6. The Labute approximate surface area is 208 Å². The number of ether oxygens (including phenoxy) is 1. The SMILES string of the molecule is O=C(CCn1cc(Nc2ncc3cnn(Cc4cccc(N5CCOCC5)c4)c3n2)cn1)NC1CC1. The quantitative estimate of drug-likeness (QED) is 0.370. The van der Waals surface area contributed by atoms with Crippen molar-refractivity contribution in [2.75, 3.05) is 36.5 Å². The molecule has 0 bridgehead atoms. The van der Waals surface area contributed by atoms with Crippen LogP contribution in [0.3, 0.4) is 0 Å². The average molecular weight is 488 g/mol. The molecule has 0 radical (unpaired) electrons. The molecule has 1 aliphatic carbocycles. The molecular formula is C25H29N9O2. The van der Waals surface area contributed by atoms with E-state index in [0.29, 0.717) is 31.5 Å². The topological polar surface area (TPSA) is 115 Å². The summed E-state index contributed by atoms with van der Waals surface area (Å²) in [4.78, 5) is 23.4. The van der Waals surface area contributed by atoms with Crippen LogP contribution in [0.1, 0.15) is 24.8 Å². The highest BCUT2D eigenvalue weighted by atomic mass is 16.5. The number of morpholine rings is 1. The molecule has 4 aromatic rings. The maximum absolute atomic E-state index is 11.9. The van der Waals surface area contributed by atoms with E-state index in [9.17, 15) is 4.79 Å². The molecule has 4 heterocycles. The van der Waals surface area contributed by atoms with Gasteiger partial charge in [0.05, 0.1) is 43.2 Å². The van der Waals surface area contributed by atoms with E-state index < -0.39 is 0 Å². The van der Waals surface area contributed by atoms with Crippen LogP contribution in [0.2, 0.25) is 0 Å². The zero-order valence-electron chi connectivity index (χ0n) is 20.0. The Hall–Kier alpha value is -3.99.